The Kier molecular flexibility index (Phi) is 6.97. The molecule has 0 radical (unpaired) electrons. The van der Waals surface area contributed by atoms with Gasteiger partial charge in [0.15, 0.2) is 0 Å². The van der Waals surface area contributed by atoms with Crippen LogP contribution in [0.15, 0.2) is 54.6 Å². The second-order valence-electron chi connectivity index (χ2n) is 6.17. The lowest BCUT2D eigenvalue weighted by Crippen LogP contribution is -2.36. The Morgan fingerprint density at radius 3 is 2.50 bits per heavy atom. The van der Waals surface area contributed by atoms with Crippen LogP contribution in [-0.2, 0) is 25.3 Å². The smallest absolute Gasteiger partial charge is 0.497 e. The lowest BCUT2D eigenvalue weighted by Gasteiger charge is -2.23. The molecule has 0 aliphatic carbocycles. The normalized spacial score (nSPS) is 19.0. The molecule has 3 rings (SSSR count). The third-order valence-electron chi connectivity index (χ3n) is 4.19. The highest BCUT2D eigenvalue weighted by molar-refractivity contribution is 7.82. The molecular weight excluding hydrogens is 405 g/mol. The fourth-order valence-electron chi connectivity index (χ4n) is 2.81. The number of carbonyl (C=O) groups is 1. The maximum atomic E-state index is 12.5. The second-order valence-corrected chi connectivity index (χ2v) is 8.63. The molecule has 2 aromatic carbocycles. The van der Waals surface area contributed by atoms with E-state index >= 15 is 0 Å². The highest BCUT2D eigenvalue weighted by Crippen LogP contribution is 2.54. The largest absolute Gasteiger partial charge is 0.532 e. The fourth-order valence-corrected chi connectivity index (χ4v) is 4.00. The van der Waals surface area contributed by atoms with Crippen molar-refractivity contribution in [2.45, 2.75) is 25.5 Å². The van der Waals surface area contributed by atoms with E-state index in [1.807, 2.05) is 30.3 Å². The van der Waals surface area contributed by atoms with E-state index in [1.165, 1.54) is 19.2 Å². The Morgan fingerprint density at radius 2 is 1.82 bits per heavy atom. The van der Waals surface area contributed by atoms with Gasteiger partial charge in [0, 0.05) is 17.8 Å². The number of methoxy groups -OCH3 is 1. The standard InChI is InChI=1S/C19H21ClNO6P/c1-24-16-9-11-17(12-10-16)26-28(20,23)27-19(22)18-8-5-13-21(18)25-14-15-6-3-2-4-7-15/h2-4,6-7,9-12,18H,5,8,13-14H2,1H3/t18-,28?/m1/s1. The highest BCUT2D eigenvalue weighted by atomic mass is 35.7. The van der Waals surface area contributed by atoms with Gasteiger partial charge in [-0.3, -0.25) is 4.84 Å². The summed E-state index contributed by atoms with van der Waals surface area (Å²) in [7, 11) is 1.53. The van der Waals surface area contributed by atoms with Gasteiger partial charge >= 0.3 is 12.9 Å². The van der Waals surface area contributed by atoms with E-state index in [2.05, 4.69) is 0 Å². The van der Waals surface area contributed by atoms with Crippen molar-refractivity contribution in [1.82, 2.24) is 5.06 Å². The van der Waals surface area contributed by atoms with E-state index in [4.69, 9.17) is 29.9 Å². The minimum Gasteiger partial charge on any atom is -0.497 e. The van der Waals surface area contributed by atoms with Gasteiger partial charge in [0.1, 0.15) is 17.5 Å². The molecule has 1 unspecified atom stereocenters. The number of halogens is 1. The number of carbonyl (C=O) groups excluding carboxylic acids is 1. The quantitative estimate of drug-likeness (QED) is 0.574. The van der Waals surface area contributed by atoms with E-state index < -0.39 is 19.0 Å². The number of hydrogen-bond donors (Lipinski definition) is 0. The van der Waals surface area contributed by atoms with Crippen molar-refractivity contribution < 1.29 is 28.0 Å². The average Bonchev–Trinajstić information content (AvgIpc) is 3.16. The molecule has 2 aromatic rings. The molecule has 7 nitrogen and oxygen atoms in total. The summed E-state index contributed by atoms with van der Waals surface area (Å²) in [5, 5.41) is 1.54. The van der Waals surface area contributed by atoms with Crippen LogP contribution in [0.5, 0.6) is 11.5 Å². The molecule has 0 amide bonds. The number of rotatable bonds is 8. The van der Waals surface area contributed by atoms with E-state index in [-0.39, 0.29) is 5.75 Å². The van der Waals surface area contributed by atoms with Gasteiger partial charge in [-0.05, 0) is 42.7 Å². The van der Waals surface area contributed by atoms with Crippen LogP contribution in [0.4, 0.5) is 0 Å². The molecule has 1 aliphatic rings. The lowest BCUT2D eigenvalue weighted by atomic mass is 10.2. The molecule has 2 atom stereocenters. The molecule has 0 saturated carbocycles. The molecule has 0 N–H and O–H groups in total. The van der Waals surface area contributed by atoms with Crippen LogP contribution in [0.2, 0.25) is 0 Å². The van der Waals surface area contributed by atoms with Crippen LogP contribution >= 0.6 is 18.2 Å². The van der Waals surface area contributed by atoms with Crippen molar-refractivity contribution in [3.8, 4) is 11.5 Å². The number of hydroxylamine groups is 2. The summed E-state index contributed by atoms with van der Waals surface area (Å²) < 4.78 is 27.6. The first kappa shape index (κ1) is 20.7. The first-order valence-electron chi connectivity index (χ1n) is 8.77. The van der Waals surface area contributed by atoms with E-state index in [0.717, 1.165) is 12.0 Å². The molecule has 1 heterocycles. The summed E-state index contributed by atoms with van der Waals surface area (Å²) in [5.41, 5.74) is 0.979. The van der Waals surface area contributed by atoms with E-state index in [1.54, 1.807) is 17.2 Å². The van der Waals surface area contributed by atoms with Crippen molar-refractivity contribution in [2.75, 3.05) is 13.7 Å². The zero-order chi connectivity index (χ0) is 20.0. The van der Waals surface area contributed by atoms with Gasteiger partial charge in [-0.25, -0.2) is 9.36 Å². The predicted molar refractivity (Wildman–Crippen MR) is 104 cm³/mol. The molecular formula is C19H21ClNO6P. The van der Waals surface area contributed by atoms with Gasteiger partial charge in [0.2, 0.25) is 0 Å². The van der Waals surface area contributed by atoms with Gasteiger partial charge in [-0.1, -0.05) is 30.3 Å². The molecule has 1 aliphatic heterocycles. The van der Waals surface area contributed by atoms with Crippen LogP contribution in [-0.4, -0.2) is 30.7 Å². The van der Waals surface area contributed by atoms with Gasteiger partial charge in [0.25, 0.3) is 0 Å². The third-order valence-corrected chi connectivity index (χ3v) is 5.43. The molecule has 28 heavy (non-hydrogen) atoms. The SMILES string of the molecule is COc1ccc(OP(=O)(Cl)OC(=O)[C@H]2CCCN2OCc2ccccc2)cc1. The molecule has 0 spiro atoms. The fraction of sp³-hybridized carbons (Fsp3) is 0.316. The average molecular weight is 426 g/mol. The van der Waals surface area contributed by atoms with Gasteiger partial charge < -0.3 is 13.8 Å². The molecule has 150 valence electrons. The van der Waals surface area contributed by atoms with Crippen molar-refractivity contribution in [2.24, 2.45) is 0 Å². The van der Waals surface area contributed by atoms with Crippen LogP contribution < -0.4 is 9.26 Å². The Balaban J connectivity index is 1.56. The minimum absolute atomic E-state index is 0.204. The van der Waals surface area contributed by atoms with Crippen LogP contribution in [0.1, 0.15) is 18.4 Å². The van der Waals surface area contributed by atoms with Crippen LogP contribution in [0.25, 0.3) is 0 Å². The second kappa shape index (κ2) is 9.43. The van der Waals surface area contributed by atoms with E-state index in [0.29, 0.717) is 25.3 Å². The number of nitrogens with zero attached hydrogens (tertiary/aromatic N) is 1. The Hall–Kier alpha value is -2.05. The summed E-state index contributed by atoms with van der Waals surface area (Å²) in [5.74, 6) is 0.0684. The number of benzene rings is 2. The molecule has 0 bridgehead atoms. The van der Waals surface area contributed by atoms with E-state index in [9.17, 15) is 9.36 Å². The zero-order valence-corrected chi connectivity index (χ0v) is 17.0. The summed E-state index contributed by atoms with van der Waals surface area (Å²) in [6, 6.07) is 15.2. The minimum atomic E-state index is -4.15. The van der Waals surface area contributed by atoms with Crippen molar-refractivity contribution in [3.05, 3.63) is 60.2 Å². The molecule has 1 fully saturated rings. The number of ether oxygens (including phenoxy) is 1. The van der Waals surface area contributed by atoms with Crippen molar-refractivity contribution >= 4 is 24.2 Å². The summed E-state index contributed by atoms with van der Waals surface area (Å²) in [6.45, 7) is -3.26. The molecule has 0 aromatic heterocycles. The first-order valence-corrected chi connectivity index (χ1v) is 11.2. The predicted octanol–water partition coefficient (Wildman–Crippen LogP) is 4.56. The maximum absolute atomic E-state index is 12.5. The van der Waals surface area contributed by atoms with Crippen LogP contribution in [0, 0.1) is 0 Å². The monoisotopic (exact) mass is 425 g/mol. The summed E-state index contributed by atoms with van der Waals surface area (Å²) in [4.78, 5) is 18.2. The summed E-state index contributed by atoms with van der Waals surface area (Å²) in [6.07, 6.45) is 1.27. The lowest BCUT2D eigenvalue weighted by molar-refractivity contribution is -0.191. The Morgan fingerprint density at radius 1 is 1.14 bits per heavy atom. The number of hydrogen-bond acceptors (Lipinski definition) is 7. The maximum Gasteiger partial charge on any atom is 0.532 e. The molecule has 9 heteroatoms. The van der Waals surface area contributed by atoms with Crippen molar-refractivity contribution in [1.29, 1.82) is 0 Å². The highest BCUT2D eigenvalue weighted by Gasteiger charge is 2.38. The van der Waals surface area contributed by atoms with Crippen molar-refractivity contribution in [3.63, 3.8) is 0 Å². The Labute approximate surface area is 168 Å². The topological polar surface area (TPSA) is 74.3 Å². The zero-order valence-electron chi connectivity index (χ0n) is 15.3. The van der Waals surface area contributed by atoms with Gasteiger partial charge in [0.05, 0.1) is 13.7 Å². The Bertz CT molecular complexity index is 832. The first-order chi connectivity index (χ1) is 13.5. The van der Waals surface area contributed by atoms with Gasteiger partial charge in [-0.15, -0.1) is 0 Å². The van der Waals surface area contributed by atoms with Gasteiger partial charge in [-0.2, -0.15) is 5.06 Å². The third kappa shape index (κ3) is 5.72. The van der Waals surface area contributed by atoms with Crippen LogP contribution in [0.3, 0.4) is 0 Å². The summed E-state index contributed by atoms with van der Waals surface area (Å²) >= 11 is 5.84. The molecule has 1 saturated heterocycles.